The second-order valence-electron chi connectivity index (χ2n) is 6.26. The fourth-order valence-electron chi connectivity index (χ4n) is 2.94. The van der Waals surface area contributed by atoms with Gasteiger partial charge in [-0.25, -0.2) is 0 Å². The minimum absolute atomic E-state index is 0.0370. The third-order valence-corrected chi connectivity index (χ3v) is 5.45. The Labute approximate surface area is 146 Å². The lowest BCUT2D eigenvalue weighted by molar-refractivity contribution is 0.0759. The summed E-state index contributed by atoms with van der Waals surface area (Å²) in [7, 11) is 0. The van der Waals surface area contributed by atoms with E-state index >= 15 is 0 Å². The molecule has 1 aliphatic rings. The number of aliphatic hydroxyl groups excluding tert-OH is 1. The summed E-state index contributed by atoms with van der Waals surface area (Å²) in [5, 5.41) is 13.6. The van der Waals surface area contributed by atoms with Crippen LogP contribution in [0.3, 0.4) is 0 Å². The van der Waals surface area contributed by atoms with E-state index in [4.69, 9.17) is 4.52 Å². The predicted octanol–water partition coefficient (Wildman–Crippen LogP) is 3.12. The summed E-state index contributed by atoms with van der Waals surface area (Å²) in [6, 6.07) is 9.56. The highest BCUT2D eigenvalue weighted by Gasteiger charge is 2.30. The van der Waals surface area contributed by atoms with Crippen molar-refractivity contribution in [2.75, 3.05) is 13.1 Å². The van der Waals surface area contributed by atoms with E-state index in [2.05, 4.69) is 5.16 Å². The second kappa shape index (κ2) is 7.40. The van der Waals surface area contributed by atoms with Gasteiger partial charge in [-0.05, 0) is 32.4 Å². The van der Waals surface area contributed by atoms with Gasteiger partial charge < -0.3 is 14.5 Å². The monoisotopic (exact) mass is 346 g/mol. The van der Waals surface area contributed by atoms with E-state index in [-0.39, 0.29) is 17.9 Å². The maximum atomic E-state index is 12.8. The molecule has 0 bridgehead atoms. The minimum Gasteiger partial charge on any atom is -0.393 e. The van der Waals surface area contributed by atoms with Gasteiger partial charge in [-0.3, -0.25) is 4.79 Å². The number of aliphatic hydroxyl groups is 1. The molecule has 1 aliphatic heterocycles. The van der Waals surface area contributed by atoms with Crippen LogP contribution in [-0.4, -0.2) is 40.3 Å². The van der Waals surface area contributed by atoms with Crippen molar-refractivity contribution < 1.29 is 14.4 Å². The minimum atomic E-state index is -0.373. The van der Waals surface area contributed by atoms with E-state index in [1.54, 1.807) is 18.7 Å². The van der Waals surface area contributed by atoms with Gasteiger partial charge >= 0.3 is 0 Å². The molecule has 0 radical (unpaired) electrons. The van der Waals surface area contributed by atoms with Crippen LogP contribution >= 0.6 is 11.8 Å². The van der Waals surface area contributed by atoms with E-state index in [1.165, 1.54) is 0 Å². The topological polar surface area (TPSA) is 66.6 Å². The van der Waals surface area contributed by atoms with Gasteiger partial charge in [0.25, 0.3) is 5.91 Å². The molecule has 6 heteroatoms. The van der Waals surface area contributed by atoms with Gasteiger partial charge in [0.15, 0.2) is 0 Å². The zero-order valence-corrected chi connectivity index (χ0v) is 14.8. The van der Waals surface area contributed by atoms with Gasteiger partial charge in [-0.1, -0.05) is 17.3 Å². The Morgan fingerprint density at radius 1 is 1.50 bits per heavy atom. The van der Waals surface area contributed by atoms with E-state index in [0.29, 0.717) is 24.4 Å². The Morgan fingerprint density at radius 3 is 2.96 bits per heavy atom. The Morgan fingerprint density at radius 2 is 2.29 bits per heavy atom. The number of amides is 1. The third kappa shape index (κ3) is 3.82. The lowest BCUT2D eigenvalue weighted by Crippen LogP contribution is -2.30. The molecule has 0 saturated carbocycles. The van der Waals surface area contributed by atoms with Crippen molar-refractivity contribution in [2.24, 2.45) is 5.92 Å². The molecule has 2 atom stereocenters. The molecule has 1 fully saturated rings. The van der Waals surface area contributed by atoms with Crippen LogP contribution in [0.2, 0.25) is 0 Å². The van der Waals surface area contributed by atoms with E-state index in [0.717, 1.165) is 22.8 Å². The number of likely N-dealkylation sites (tertiary alicyclic amines) is 1. The quantitative estimate of drug-likeness (QED) is 0.843. The molecule has 1 aromatic heterocycles. The SMILES string of the molecule is Cc1cc(CSc2ccccc2C(=O)N2CCC(C(C)O)C2)on1. The number of aryl methyl sites for hydroxylation is 1. The van der Waals surface area contributed by atoms with E-state index in [9.17, 15) is 9.90 Å². The zero-order chi connectivity index (χ0) is 17.1. The maximum Gasteiger partial charge on any atom is 0.255 e. The molecule has 1 N–H and O–H groups in total. The molecule has 1 saturated heterocycles. The van der Waals surface area contributed by atoms with Crippen molar-refractivity contribution in [2.45, 2.75) is 37.0 Å². The fourth-order valence-corrected chi connectivity index (χ4v) is 3.86. The van der Waals surface area contributed by atoms with Crippen LogP contribution in [0.25, 0.3) is 0 Å². The van der Waals surface area contributed by atoms with Crippen molar-refractivity contribution in [3.8, 4) is 0 Å². The van der Waals surface area contributed by atoms with Gasteiger partial charge in [0.1, 0.15) is 5.76 Å². The summed E-state index contributed by atoms with van der Waals surface area (Å²) < 4.78 is 5.23. The molecule has 1 amide bonds. The number of carbonyl (C=O) groups excluding carboxylic acids is 1. The van der Waals surface area contributed by atoms with Crippen LogP contribution in [-0.2, 0) is 5.75 Å². The lowest BCUT2D eigenvalue weighted by atomic mass is 10.0. The summed E-state index contributed by atoms with van der Waals surface area (Å²) in [6.07, 6.45) is 0.484. The summed E-state index contributed by atoms with van der Waals surface area (Å²) >= 11 is 1.58. The first-order chi connectivity index (χ1) is 11.5. The van der Waals surface area contributed by atoms with Gasteiger partial charge in [0.05, 0.1) is 23.1 Å². The van der Waals surface area contributed by atoms with Crippen LogP contribution < -0.4 is 0 Å². The predicted molar refractivity (Wildman–Crippen MR) is 92.9 cm³/mol. The number of benzene rings is 1. The highest BCUT2D eigenvalue weighted by atomic mass is 32.2. The first-order valence-corrected chi connectivity index (χ1v) is 9.14. The summed E-state index contributed by atoms with van der Waals surface area (Å²) in [6.45, 7) is 5.01. The van der Waals surface area contributed by atoms with Crippen LogP contribution in [0.1, 0.15) is 35.2 Å². The van der Waals surface area contributed by atoms with Crippen LogP contribution in [0.15, 0.2) is 39.8 Å². The smallest absolute Gasteiger partial charge is 0.255 e. The summed E-state index contributed by atoms with van der Waals surface area (Å²) in [4.78, 5) is 15.6. The number of aromatic nitrogens is 1. The van der Waals surface area contributed by atoms with Crippen LogP contribution in [0.5, 0.6) is 0 Å². The zero-order valence-electron chi connectivity index (χ0n) is 13.9. The largest absolute Gasteiger partial charge is 0.393 e. The maximum absolute atomic E-state index is 12.8. The van der Waals surface area contributed by atoms with E-state index in [1.807, 2.05) is 42.2 Å². The molecule has 0 spiro atoms. The summed E-state index contributed by atoms with van der Waals surface area (Å²) in [5.74, 6) is 1.65. The van der Waals surface area contributed by atoms with Crippen molar-refractivity contribution >= 4 is 17.7 Å². The van der Waals surface area contributed by atoms with Crippen molar-refractivity contribution in [1.82, 2.24) is 10.1 Å². The van der Waals surface area contributed by atoms with Crippen molar-refractivity contribution in [3.63, 3.8) is 0 Å². The number of hydrogen-bond acceptors (Lipinski definition) is 5. The number of carbonyl (C=O) groups is 1. The Hall–Kier alpha value is -1.79. The summed E-state index contributed by atoms with van der Waals surface area (Å²) in [5.41, 5.74) is 1.57. The first-order valence-electron chi connectivity index (χ1n) is 8.16. The highest BCUT2D eigenvalue weighted by Crippen LogP contribution is 2.29. The third-order valence-electron chi connectivity index (χ3n) is 4.36. The average molecular weight is 346 g/mol. The first kappa shape index (κ1) is 17.0. The number of nitrogens with zero attached hydrogens (tertiary/aromatic N) is 2. The normalized spacial score (nSPS) is 18.8. The van der Waals surface area contributed by atoms with Gasteiger partial charge in [-0.2, -0.15) is 0 Å². The second-order valence-corrected chi connectivity index (χ2v) is 7.28. The molecule has 2 heterocycles. The van der Waals surface area contributed by atoms with Gasteiger partial charge in [0.2, 0.25) is 0 Å². The van der Waals surface area contributed by atoms with Gasteiger partial charge in [-0.15, -0.1) is 11.8 Å². The molecular weight excluding hydrogens is 324 g/mol. The average Bonchev–Trinajstić information content (AvgIpc) is 3.22. The molecule has 5 nitrogen and oxygen atoms in total. The van der Waals surface area contributed by atoms with Gasteiger partial charge in [0, 0.05) is 30.0 Å². The van der Waals surface area contributed by atoms with E-state index < -0.39 is 0 Å². The molecule has 2 aromatic rings. The van der Waals surface area contributed by atoms with Crippen molar-refractivity contribution in [3.05, 3.63) is 47.3 Å². The molecule has 2 unspecified atom stereocenters. The Kier molecular flexibility index (Phi) is 5.26. The number of thioether (sulfide) groups is 1. The standard InChI is InChI=1S/C18H22N2O3S/c1-12-9-15(23-19-12)11-24-17-6-4-3-5-16(17)18(22)20-8-7-14(10-20)13(2)21/h3-6,9,13-14,21H,7-8,10-11H2,1-2H3. The molecule has 3 rings (SSSR count). The van der Waals surface area contributed by atoms with Crippen LogP contribution in [0.4, 0.5) is 0 Å². The highest BCUT2D eigenvalue weighted by molar-refractivity contribution is 7.98. The number of rotatable bonds is 5. The molecular formula is C18H22N2O3S. The lowest BCUT2D eigenvalue weighted by Gasteiger charge is -2.19. The molecule has 0 aliphatic carbocycles. The number of hydrogen-bond donors (Lipinski definition) is 1. The molecule has 24 heavy (non-hydrogen) atoms. The Bertz CT molecular complexity index is 714. The van der Waals surface area contributed by atoms with Crippen molar-refractivity contribution in [1.29, 1.82) is 0 Å². The Balaban J connectivity index is 1.70. The van der Waals surface area contributed by atoms with Crippen LogP contribution in [0, 0.1) is 12.8 Å². The molecule has 1 aromatic carbocycles. The fraction of sp³-hybridized carbons (Fsp3) is 0.444. The molecule has 128 valence electrons.